The number of aliphatic imine (C=N–C) groups is 1. The molecule has 0 aliphatic carbocycles. The number of hydrogen-bond donors (Lipinski definition) is 0. The number of amides is 2. The van der Waals surface area contributed by atoms with Gasteiger partial charge in [-0.15, -0.1) is 0 Å². The Hall–Kier alpha value is -4.17. The van der Waals surface area contributed by atoms with Crippen LogP contribution in [0.4, 0.5) is 5.69 Å². The number of rotatable bonds is 7. The summed E-state index contributed by atoms with van der Waals surface area (Å²) in [7, 11) is 0. The molecular formula is C29H25N3O4S. The van der Waals surface area contributed by atoms with E-state index in [9.17, 15) is 14.4 Å². The first-order valence-electron chi connectivity index (χ1n) is 12.0. The summed E-state index contributed by atoms with van der Waals surface area (Å²) in [4.78, 5) is 47.8. The van der Waals surface area contributed by atoms with E-state index in [2.05, 4.69) is 0 Å². The predicted octanol–water partition coefficient (Wildman–Crippen LogP) is 4.64. The van der Waals surface area contributed by atoms with Gasteiger partial charge in [-0.1, -0.05) is 78.9 Å². The minimum absolute atomic E-state index is 0.220. The fraction of sp³-hybridized carbons (Fsp3) is 0.172. The Morgan fingerprint density at radius 1 is 0.838 bits per heavy atom. The molecule has 37 heavy (non-hydrogen) atoms. The van der Waals surface area contributed by atoms with Crippen molar-refractivity contribution in [1.29, 1.82) is 0 Å². The van der Waals surface area contributed by atoms with Crippen LogP contribution in [0.2, 0.25) is 0 Å². The molecular weight excluding hydrogens is 486 g/mol. The molecule has 2 amide bonds. The van der Waals surface area contributed by atoms with E-state index < -0.39 is 11.9 Å². The summed E-state index contributed by atoms with van der Waals surface area (Å²) in [5, 5.41) is 0.536. The van der Waals surface area contributed by atoms with Gasteiger partial charge in [0.25, 0.3) is 11.8 Å². The number of esters is 1. The number of para-hydroxylation sites is 1. The number of ether oxygens (including phenoxy) is 1. The fourth-order valence-electron chi connectivity index (χ4n) is 4.31. The first-order valence-corrected chi connectivity index (χ1v) is 12.8. The van der Waals surface area contributed by atoms with E-state index in [-0.39, 0.29) is 24.6 Å². The van der Waals surface area contributed by atoms with Crippen LogP contribution in [0.1, 0.15) is 23.6 Å². The van der Waals surface area contributed by atoms with Gasteiger partial charge in [-0.2, -0.15) is 0 Å². The van der Waals surface area contributed by atoms with Crippen molar-refractivity contribution in [2.24, 2.45) is 4.99 Å². The van der Waals surface area contributed by atoms with Crippen LogP contribution in [0, 0.1) is 0 Å². The van der Waals surface area contributed by atoms with Crippen molar-refractivity contribution in [2.45, 2.75) is 20.0 Å². The molecule has 8 heteroatoms. The molecule has 0 bridgehead atoms. The smallest absolute Gasteiger partial charge is 0.326 e. The minimum Gasteiger partial charge on any atom is -0.465 e. The lowest BCUT2D eigenvalue weighted by molar-refractivity contribution is -0.142. The molecule has 0 radical (unpaired) electrons. The summed E-state index contributed by atoms with van der Waals surface area (Å²) >= 11 is 1.20. The molecule has 1 saturated heterocycles. The number of nitrogens with zero attached hydrogens (tertiary/aromatic N) is 3. The Kier molecular flexibility index (Phi) is 7.18. The van der Waals surface area contributed by atoms with Crippen LogP contribution in [-0.2, 0) is 32.2 Å². The zero-order chi connectivity index (χ0) is 25.8. The Labute approximate surface area is 219 Å². The largest absolute Gasteiger partial charge is 0.465 e. The number of fused-ring (bicyclic) bond motifs is 1. The lowest BCUT2D eigenvalue weighted by Crippen LogP contribution is -2.34. The van der Waals surface area contributed by atoms with Crippen molar-refractivity contribution in [3.63, 3.8) is 0 Å². The lowest BCUT2D eigenvalue weighted by atomic mass is 10.1. The second-order valence-electron chi connectivity index (χ2n) is 8.48. The summed E-state index contributed by atoms with van der Waals surface area (Å²) in [5.74, 6) is -1.18. The van der Waals surface area contributed by atoms with Crippen LogP contribution in [0.5, 0.6) is 0 Å². The second-order valence-corrected chi connectivity index (χ2v) is 9.46. The highest BCUT2D eigenvalue weighted by Crippen LogP contribution is 2.44. The summed E-state index contributed by atoms with van der Waals surface area (Å²) in [5.41, 5.74) is 3.47. The summed E-state index contributed by atoms with van der Waals surface area (Å²) in [6.07, 6.45) is 0. The van der Waals surface area contributed by atoms with E-state index in [0.717, 1.165) is 11.1 Å². The topological polar surface area (TPSA) is 79.3 Å². The number of benzene rings is 3. The normalized spacial score (nSPS) is 18.0. The van der Waals surface area contributed by atoms with Gasteiger partial charge >= 0.3 is 5.97 Å². The third-order valence-corrected chi connectivity index (χ3v) is 7.14. The highest BCUT2D eigenvalue weighted by atomic mass is 32.2. The molecule has 2 aliphatic heterocycles. The average molecular weight is 512 g/mol. The van der Waals surface area contributed by atoms with Gasteiger partial charge in [0, 0.05) is 5.56 Å². The molecule has 2 heterocycles. The van der Waals surface area contributed by atoms with Gasteiger partial charge in [0.15, 0.2) is 5.17 Å². The number of amidine groups is 1. The van der Waals surface area contributed by atoms with Gasteiger partial charge in [0.2, 0.25) is 0 Å². The number of thioether (sulfide) groups is 1. The minimum atomic E-state index is -0.502. The Bertz CT molecular complexity index is 1400. The van der Waals surface area contributed by atoms with E-state index >= 15 is 0 Å². The molecule has 7 nitrogen and oxygen atoms in total. The van der Waals surface area contributed by atoms with Crippen molar-refractivity contribution in [3.8, 4) is 0 Å². The first-order chi connectivity index (χ1) is 18.1. The maximum Gasteiger partial charge on any atom is 0.326 e. The zero-order valence-corrected chi connectivity index (χ0v) is 21.1. The van der Waals surface area contributed by atoms with Crippen LogP contribution >= 0.6 is 11.8 Å². The van der Waals surface area contributed by atoms with Gasteiger partial charge in [0.05, 0.1) is 35.9 Å². The predicted molar refractivity (Wildman–Crippen MR) is 145 cm³/mol. The van der Waals surface area contributed by atoms with Crippen molar-refractivity contribution < 1.29 is 19.1 Å². The molecule has 2 aliphatic rings. The van der Waals surface area contributed by atoms with Crippen LogP contribution in [0.25, 0.3) is 5.57 Å². The van der Waals surface area contributed by atoms with E-state index in [1.807, 2.05) is 66.7 Å². The van der Waals surface area contributed by atoms with Gasteiger partial charge < -0.3 is 4.74 Å². The molecule has 0 N–H and O–H groups in total. The van der Waals surface area contributed by atoms with E-state index in [1.54, 1.807) is 30.0 Å². The highest BCUT2D eigenvalue weighted by Gasteiger charge is 2.43. The fourth-order valence-corrected chi connectivity index (χ4v) is 5.38. The Morgan fingerprint density at radius 2 is 1.49 bits per heavy atom. The van der Waals surface area contributed by atoms with Crippen molar-refractivity contribution in [2.75, 3.05) is 18.1 Å². The third kappa shape index (κ3) is 5.06. The maximum absolute atomic E-state index is 13.8. The Balaban J connectivity index is 1.54. The Morgan fingerprint density at radius 3 is 2.19 bits per heavy atom. The second kappa shape index (κ2) is 10.8. The number of hydrogen-bond acceptors (Lipinski definition) is 6. The van der Waals surface area contributed by atoms with Crippen LogP contribution in [0.15, 0.2) is 94.8 Å². The van der Waals surface area contributed by atoms with Crippen molar-refractivity contribution in [1.82, 2.24) is 4.90 Å². The molecule has 0 atom stereocenters. The summed E-state index contributed by atoms with van der Waals surface area (Å²) < 4.78 is 5.08. The molecule has 0 unspecified atom stereocenters. The number of carbonyl (C=O) groups is 3. The molecule has 0 saturated carbocycles. The lowest BCUT2D eigenvalue weighted by Gasteiger charge is -2.16. The van der Waals surface area contributed by atoms with Gasteiger partial charge in [0.1, 0.15) is 6.54 Å². The van der Waals surface area contributed by atoms with E-state index in [4.69, 9.17) is 9.73 Å². The molecule has 0 spiro atoms. The van der Waals surface area contributed by atoms with E-state index in [1.165, 1.54) is 16.7 Å². The number of anilines is 1. The molecule has 3 aromatic rings. The summed E-state index contributed by atoms with van der Waals surface area (Å²) in [6, 6.07) is 26.7. The highest BCUT2D eigenvalue weighted by molar-refractivity contribution is 8.18. The summed E-state index contributed by atoms with van der Waals surface area (Å²) in [6.45, 7) is 2.46. The van der Waals surface area contributed by atoms with Gasteiger partial charge in [-0.25, -0.2) is 0 Å². The maximum atomic E-state index is 13.8. The average Bonchev–Trinajstić information content (AvgIpc) is 3.37. The van der Waals surface area contributed by atoms with Crippen LogP contribution in [-0.4, -0.2) is 41.0 Å². The monoisotopic (exact) mass is 511 g/mol. The van der Waals surface area contributed by atoms with Crippen LogP contribution in [0.3, 0.4) is 0 Å². The molecule has 3 aromatic carbocycles. The first kappa shape index (κ1) is 24.5. The molecule has 0 aromatic heterocycles. The quantitative estimate of drug-likeness (QED) is 0.341. The van der Waals surface area contributed by atoms with E-state index in [0.29, 0.717) is 34.4 Å². The SMILES string of the molecule is CCOC(=O)CN1C(=O)/C(=C2/SC(=NCc3ccccc3)N(Cc3ccccc3)C2=O)c2ccccc21. The van der Waals surface area contributed by atoms with Gasteiger partial charge in [-0.3, -0.25) is 29.2 Å². The zero-order valence-electron chi connectivity index (χ0n) is 20.3. The van der Waals surface area contributed by atoms with Crippen molar-refractivity contribution >= 4 is 46.0 Å². The van der Waals surface area contributed by atoms with Crippen molar-refractivity contribution in [3.05, 3.63) is 107 Å². The molecule has 186 valence electrons. The van der Waals surface area contributed by atoms with Crippen LogP contribution < -0.4 is 4.90 Å². The third-order valence-electron chi connectivity index (χ3n) is 6.03. The number of carbonyl (C=O) groups excluding carboxylic acids is 3. The molecule has 5 rings (SSSR count). The molecule has 1 fully saturated rings. The van der Waals surface area contributed by atoms with Gasteiger partial charge in [-0.05, 0) is 35.9 Å². The standard InChI is InChI=1S/C29H25N3O4S/c1-2-36-24(33)19-31-23-16-10-9-15-22(23)25(27(31)34)26-28(35)32(18-21-13-7-4-8-14-21)29(37-26)30-17-20-11-5-3-6-12-20/h3-16H,2,17-19H2,1H3/b26-25+,30-29?.